The Morgan fingerprint density at radius 1 is 1.09 bits per heavy atom. The van der Waals surface area contributed by atoms with Crippen molar-refractivity contribution >= 4 is 5.97 Å². The highest BCUT2D eigenvalue weighted by atomic mass is 16.5. The molecule has 186 valence electrons. The summed E-state index contributed by atoms with van der Waals surface area (Å²) in [6.45, 7) is 18.1. The van der Waals surface area contributed by atoms with Gasteiger partial charge in [0.25, 0.3) is 0 Å². The standard InChI is InChI=1S/C31H50O2/c1-8-23(20(2)3)10-9-21(4)27-13-14-28-26-12-11-24-19-25(33-22(5)32)15-17-30(24,6)29(26)16-18-31(27,28)7/h12,21,23-25,27-29H,2,8-11,13-19H2,1,3-7H3/t21-,23+,24+,25-,27+,28+,29-,30-,31+/m1/s1. The molecule has 3 saturated carbocycles. The van der Waals surface area contributed by atoms with Crippen LogP contribution in [0.3, 0.4) is 0 Å². The highest BCUT2D eigenvalue weighted by Gasteiger charge is 2.58. The monoisotopic (exact) mass is 454 g/mol. The second-order valence-electron chi connectivity index (χ2n) is 13.0. The van der Waals surface area contributed by atoms with Crippen molar-refractivity contribution in [3.05, 3.63) is 23.8 Å². The maximum absolute atomic E-state index is 11.5. The van der Waals surface area contributed by atoms with E-state index in [0.29, 0.717) is 22.7 Å². The lowest BCUT2D eigenvalue weighted by molar-refractivity contribution is -0.152. The largest absolute Gasteiger partial charge is 0.463 e. The Balaban J connectivity index is 1.47. The number of carbonyl (C=O) groups excluding carboxylic acids is 1. The van der Waals surface area contributed by atoms with Gasteiger partial charge in [-0.15, -0.1) is 0 Å². The minimum atomic E-state index is -0.108. The Morgan fingerprint density at radius 2 is 1.79 bits per heavy atom. The SMILES string of the molecule is C=C(C)[C@@H](CC)CC[C@@H](C)[C@@H]1CC[C@H]2C3=CC[C@H]4C[C@H](OC(C)=O)CC[C@@]4(C)[C@@H]3CC[C@]21C. The van der Waals surface area contributed by atoms with E-state index in [9.17, 15) is 4.79 Å². The van der Waals surface area contributed by atoms with Gasteiger partial charge in [0.1, 0.15) is 6.10 Å². The number of rotatable bonds is 7. The van der Waals surface area contributed by atoms with Gasteiger partial charge >= 0.3 is 5.97 Å². The van der Waals surface area contributed by atoms with Gasteiger partial charge in [-0.25, -0.2) is 0 Å². The van der Waals surface area contributed by atoms with Crippen molar-refractivity contribution in [3.8, 4) is 0 Å². The van der Waals surface area contributed by atoms with Crippen molar-refractivity contribution < 1.29 is 9.53 Å². The predicted octanol–water partition coefficient (Wildman–Crippen LogP) is 8.52. The first-order valence-corrected chi connectivity index (χ1v) is 14.1. The van der Waals surface area contributed by atoms with Crippen molar-refractivity contribution in [2.75, 3.05) is 0 Å². The van der Waals surface area contributed by atoms with E-state index < -0.39 is 0 Å². The highest BCUT2D eigenvalue weighted by Crippen LogP contribution is 2.67. The average molecular weight is 455 g/mol. The third kappa shape index (κ3) is 4.50. The van der Waals surface area contributed by atoms with E-state index in [-0.39, 0.29) is 12.1 Å². The van der Waals surface area contributed by atoms with E-state index >= 15 is 0 Å². The lowest BCUT2D eigenvalue weighted by atomic mass is 9.47. The van der Waals surface area contributed by atoms with Crippen LogP contribution < -0.4 is 0 Å². The summed E-state index contributed by atoms with van der Waals surface area (Å²) >= 11 is 0. The van der Waals surface area contributed by atoms with Crippen LogP contribution in [0.2, 0.25) is 0 Å². The second-order valence-corrected chi connectivity index (χ2v) is 13.0. The lowest BCUT2D eigenvalue weighted by Crippen LogP contribution is -2.50. The Kier molecular flexibility index (Phi) is 7.24. The van der Waals surface area contributed by atoms with Crippen molar-refractivity contribution in [3.63, 3.8) is 0 Å². The molecule has 0 radical (unpaired) electrons. The smallest absolute Gasteiger partial charge is 0.302 e. The number of fused-ring (bicyclic) bond motifs is 5. The molecule has 9 atom stereocenters. The Labute approximate surface area is 204 Å². The van der Waals surface area contributed by atoms with Gasteiger partial charge in [0.15, 0.2) is 0 Å². The highest BCUT2D eigenvalue weighted by molar-refractivity contribution is 5.66. The topological polar surface area (TPSA) is 26.3 Å². The molecule has 2 nitrogen and oxygen atoms in total. The number of allylic oxidation sites excluding steroid dienone is 3. The number of esters is 1. The summed E-state index contributed by atoms with van der Waals surface area (Å²) in [5.74, 6) is 4.52. The van der Waals surface area contributed by atoms with Crippen LogP contribution >= 0.6 is 0 Å². The molecule has 4 rings (SSSR count). The van der Waals surface area contributed by atoms with E-state index in [1.165, 1.54) is 63.4 Å². The molecule has 0 amide bonds. The minimum absolute atomic E-state index is 0.108. The molecule has 0 heterocycles. The van der Waals surface area contributed by atoms with Crippen LogP contribution in [-0.4, -0.2) is 12.1 Å². The molecule has 0 spiro atoms. The Morgan fingerprint density at radius 3 is 2.45 bits per heavy atom. The fourth-order valence-corrected chi connectivity index (χ4v) is 9.25. The fourth-order valence-electron chi connectivity index (χ4n) is 9.25. The van der Waals surface area contributed by atoms with Gasteiger partial charge in [0, 0.05) is 6.92 Å². The molecule has 4 aliphatic carbocycles. The molecule has 0 unspecified atom stereocenters. The Bertz CT molecular complexity index is 780. The third-order valence-corrected chi connectivity index (χ3v) is 11.3. The summed E-state index contributed by atoms with van der Waals surface area (Å²) in [6, 6.07) is 0. The van der Waals surface area contributed by atoms with Crippen molar-refractivity contribution in [2.45, 2.75) is 118 Å². The first-order valence-electron chi connectivity index (χ1n) is 14.1. The molecule has 0 aliphatic heterocycles. The summed E-state index contributed by atoms with van der Waals surface area (Å²) < 4.78 is 5.64. The molecule has 0 aromatic carbocycles. The number of carbonyl (C=O) groups is 1. The second kappa shape index (κ2) is 9.54. The van der Waals surface area contributed by atoms with Gasteiger partial charge in [-0.3, -0.25) is 4.79 Å². The molecule has 0 aromatic rings. The number of hydrogen-bond donors (Lipinski definition) is 0. The number of hydrogen-bond acceptors (Lipinski definition) is 2. The van der Waals surface area contributed by atoms with Crippen LogP contribution in [0.15, 0.2) is 23.8 Å². The normalized spacial score (nSPS) is 41.8. The van der Waals surface area contributed by atoms with Gasteiger partial charge in [-0.1, -0.05) is 51.5 Å². The average Bonchev–Trinajstić information content (AvgIpc) is 3.11. The van der Waals surface area contributed by atoms with E-state index in [0.717, 1.165) is 36.5 Å². The Hall–Kier alpha value is -1.05. The van der Waals surface area contributed by atoms with Gasteiger partial charge in [-0.05, 0) is 124 Å². The molecule has 0 bridgehead atoms. The molecule has 3 fully saturated rings. The molecule has 4 aliphatic rings. The van der Waals surface area contributed by atoms with E-state index in [1.54, 1.807) is 6.92 Å². The van der Waals surface area contributed by atoms with Crippen molar-refractivity contribution in [2.24, 2.45) is 46.3 Å². The summed E-state index contributed by atoms with van der Waals surface area (Å²) in [4.78, 5) is 11.5. The van der Waals surface area contributed by atoms with Gasteiger partial charge < -0.3 is 4.74 Å². The maximum Gasteiger partial charge on any atom is 0.302 e. The first-order chi connectivity index (χ1) is 15.6. The van der Waals surface area contributed by atoms with Gasteiger partial charge in [0.2, 0.25) is 0 Å². The van der Waals surface area contributed by atoms with E-state index in [2.05, 4.69) is 47.3 Å². The zero-order chi connectivity index (χ0) is 24.0. The van der Waals surface area contributed by atoms with Crippen LogP contribution in [-0.2, 0) is 9.53 Å². The van der Waals surface area contributed by atoms with Crippen molar-refractivity contribution in [1.29, 1.82) is 0 Å². The van der Waals surface area contributed by atoms with Crippen LogP contribution in [0.4, 0.5) is 0 Å². The van der Waals surface area contributed by atoms with Crippen LogP contribution in [0.5, 0.6) is 0 Å². The summed E-state index contributed by atoms with van der Waals surface area (Å²) in [5, 5.41) is 0. The molecule has 2 heteroatoms. The minimum Gasteiger partial charge on any atom is -0.463 e. The van der Waals surface area contributed by atoms with Crippen LogP contribution in [0.1, 0.15) is 112 Å². The zero-order valence-corrected chi connectivity index (χ0v) is 22.4. The van der Waals surface area contributed by atoms with E-state index in [4.69, 9.17) is 4.74 Å². The zero-order valence-electron chi connectivity index (χ0n) is 22.4. The quantitative estimate of drug-likeness (QED) is 0.284. The van der Waals surface area contributed by atoms with E-state index in [1.807, 2.05) is 5.57 Å². The molecule has 0 saturated heterocycles. The van der Waals surface area contributed by atoms with Crippen LogP contribution in [0, 0.1) is 46.3 Å². The fraction of sp³-hybridized carbons (Fsp3) is 0.839. The van der Waals surface area contributed by atoms with Crippen molar-refractivity contribution in [1.82, 2.24) is 0 Å². The lowest BCUT2D eigenvalue weighted by Gasteiger charge is -2.58. The summed E-state index contributed by atoms with van der Waals surface area (Å²) in [6.07, 6.45) is 16.9. The van der Waals surface area contributed by atoms with Crippen LogP contribution in [0.25, 0.3) is 0 Å². The first kappa shape index (κ1) is 25.1. The number of ether oxygens (including phenoxy) is 1. The summed E-state index contributed by atoms with van der Waals surface area (Å²) in [7, 11) is 0. The molecule has 0 aromatic heterocycles. The molecule has 33 heavy (non-hydrogen) atoms. The van der Waals surface area contributed by atoms with Gasteiger partial charge in [-0.2, -0.15) is 0 Å². The molecular weight excluding hydrogens is 404 g/mol. The predicted molar refractivity (Wildman–Crippen MR) is 138 cm³/mol. The molecule has 0 N–H and O–H groups in total. The van der Waals surface area contributed by atoms with Gasteiger partial charge in [0.05, 0.1) is 0 Å². The maximum atomic E-state index is 11.5. The third-order valence-electron chi connectivity index (χ3n) is 11.3. The molecular formula is C31H50O2. The summed E-state index contributed by atoms with van der Waals surface area (Å²) in [5.41, 5.74) is 4.11.